The second-order valence-electron chi connectivity index (χ2n) is 5.93. The Bertz CT molecular complexity index is 702. The highest BCUT2D eigenvalue weighted by molar-refractivity contribution is 5.15. The summed E-state index contributed by atoms with van der Waals surface area (Å²) in [4.78, 5) is 0. The molecule has 2 atom stereocenters. The van der Waals surface area contributed by atoms with Crippen LogP contribution in [0.15, 0.2) is 61.2 Å². The lowest BCUT2D eigenvalue weighted by Crippen LogP contribution is -2.33. The molecule has 23 heavy (non-hydrogen) atoms. The molecule has 5 nitrogen and oxygen atoms in total. The van der Waals surface area contributed by atoms with Crippen molar-refractivity contribution in [3.63, 3.8) is 0 Å². The van der Waals surface area contributed by atoms with Gasteiger partial charge in [-0.2, -0.15) is 10.2 Å². The van der Waals surface area contributed by atoms with Crippen LogP contribution in [0.1, 0.15) is 31.0 Å². The van der Waals surface area contributed by atoms with E-state index in [2.05, 4.69) is 59.8 Å². The van der Waals surface area contributed by atoms with Gasteiger partial charge < -0.3 is 5.32 Å². The Balaban J connectivity index is 1.53. The molecule has 3 aromatic rings. The SMILES string of the molecule is C[C@H](NCc1cnn(Cc2ccccc2)c1)[C@@H](C)n1cccn1. The minimum Gasteiger partial charge on any atom is -0.308 e. The van der Waals surface area contributed by atoms with Crippen LogP contribution in [-0.4, -0.2) is 25.6 Å². The van der Waals surface area contributed by atoms with Gasteiger partial charge in [0.15, 0.2) is 0 Å². The monoisotopic (exact) mass is 309 g/mol. The summed E-state index contributed by atoms with van der Waals surface area (Å²) in [5, 5.41) is 12.3. The molecule has 0 fully saturated rings. The first kappa shape index (κ1) is 15.5. The van der Waals surface area contributed by atoms with Crippen molar-refractivity contribution in [2.45, 2.75) is 39.0 Å². The van der Waals surface area contributed by atoms with Gasteiger partial charge in [-0.1, -0.05) is 30.3 Å². The number of aromatic nitrogens is 4. The molecule has 0 bridgehead atoms. The van der Waals surface area contributed by atoms with E-state index in [1.165, 1.54) is 11.1 Å². The van der Waals surface area contributed by atoms with Gasteiger partial charge in [0.1, 0.15) is 0 Å². The Kier molecular flexibility index (Phi) is 4.88. The maximum atomic E-state index is 4.44. The van der Waals surface area contributed by atoms with E-state index in [1.54, 1.807) is 0 Å². The molecular formula is C18H23N5. The van der Waals surface area contributed by atoms with E-state index in [4.69, 9.17) is 0 Å². The first-order chi connectivity index (χ1) is 11.2. The summed E-state index contributed by atoms with van der Waals surface area (Å²) in [6.07, 6.45) is 7.85. The quantitative estimate of drug-likeness (QED) is 0.730. The number of nitrogens with zero attached hydrogens (tertiary/aromatic N) is 4. The first-order valence-electron chi connectivity index (χ1n) is 8.00. The van der Waals surface area contributed by atoms with Crippen LogP contribution < -0.4 is 5.32 Å². The molecule has 0 saturated heterocycles. The molecule has 2 heterocycles. The highest BCUT2D eigenvalue weighted by atomic mass is 15.3. The van der Waals surface area contributed by atoms with Crippen molar-refractivity contribution in [3.8, 4) is 0 Å². The van der Waals surface area contributed by atoms with Crippen LogP contribution in [0.3, 0.4) is 0 Å². The van der Waals surface area contributed by atoms with E-state index in [9.17, 15) is 0 Å². The highest BCUT2D eigenvalue weighted by Gasteiger charge is 2.13. The standard InChI is InChI=1S/C18H23N5/c1-15(16(2)23-10-6-9-20-23)19-11-18-12-21-22(14-18)13-17-7-4-3-5-8-17/h3-10,12,14-16,19H,11,13H2,1-2H3/t15-,16+/m0/s1. The largest absolute Gasteiger partial charge is 0.308 e. The lowest BCUT2D eigenvalue weighted by molar-refractivity contribution is 0.365. The van der Waals surface area contributed by atoms with E-state index in [-0.39, 0.29) is 0 Å². The fourth-order valence-electron chi connectivity index (χ4n) is 2.55. The molecular weight excluding hydrogens is 286 g/mol. The van der Waals surface area contributed by atoms with Gasteiger partial charge in [0, 0.05) is 36.7 Å². The van der Waals surface area contributed by atoms with Crippen molar-refractivity contribution < 1.29 is 0 Å². The van der Waals surface area contributed by atoms with Crippen LogP contribution in [0.5, 0.6) is 0 Å². The zero-order valence-electron chi connectivity index (χ0n) is 13.6. The van der Waals surface area contributed by atoms with Gasteiger partial charge in [0.25, 0.3) is 0 Å². The predicted molar refractivity (Wildman–Crippen MR) is 91.0 cm³/mol. The van der Waals surface area contributed by atoms with Crippen molar-refractivity contribution >= 4 is 0 Å². The zero-order chi connectivity index (χ0) is 16.1. The second-order valence-corrected chi connectivity index (χ2v) is 5.93. The van der Waals surface area contributed by atoms with Gasteiger partial charge >= 0.3 is 0 Å². The lowest BCUT2D eigenvalue weighted by atomic mass is 10.1. The summed E-state index contributed by atoms with van der Waals surface area (Å²) >= 11 is 0. The number of benzene rings is 1. The molecule has 0 aliphatic carbocycles. The number of nitrogens with one attached hydrogen (secondary N) is 1. The van der Waals surface area contributed by atoms with Crippen molar-refractivity contribution in [3.05, 3.63) is 72.3 Å². The van der Waals surface area contributed by atoms with Crippen LogP contribution in [-0.2, 0) is 13.1 Å². The van der Waals surface area contributed by atoms with Gasteiger partial charge in [-0.15, -0.1) is 0 Å². The summed E-state index contributed by atoms with van der Waals surface area (Å²) in [6, 6.07) is 13.0. The van der Waals surface area contributed by atoms with Crippen molar-refractivity contribution in [1.82, 2.24) is 24.9 Å². The van der Waals surface area contributed by atoms with Crippen LogP contribution in [0.25, 0.3) is 0 Å². The fraction of sp³-hybridized carbons (Fsp3) is 0.333. The van der Waals surface area contributed by atoms with E-state index < -0.39 is 0 Å². The Morgan fingerprint density at radius 1 is 1.04 bits per heavy atom. The summed E-state index contributed by atoms with van der Waals surface area (Å²) in [5.41, 5.74) is 2.45. The molecule has 0 aliphatic rings. The molecule has 120 valence electrons. The molecule has 2 aromatic heterocycles. The fourth-order valence-corrected chi connectivity index (χ4v) is 2.55. The van der Waals surface area contributed by atoms with Gasteiger partial charge in [-0.3, -0.25) is 9.36 Å². The third-order valence-electron chi connectivity index (χ3n) is 4.17. The van der Waals surface area contributed by atoms with Gasteiger partial charge in [-0.25, -0.2) is 0 Å². The molecule has 3 rings (SSSR count). The predicted octanol–water partition coefficient (Wildman–Crippen LogP) is 2.87. The number of hydrogen-bond acceptors (Lipinski definition) is 3. The molecule has 0 saturated carbocycles. The van der Waals surface area contributed by atoms with Crippen LogP contribution in [0, 0.1) is 0 Å². The van der Waals surface area contributed by atoms with Crippen molar-refractivity contribution in [2.24, 2.45) is 0 Å². The summed E-state index contributed by atoms with van der Waals surface area (Å²) in [7, 11) is 0. The minimum atomic E-state index is 0.310. The van der Waals surface area contributed by atoms with Crippen molar-refractivity contribution in [2.75, 3.05) is 0 Å². The summed E-state index contributed by atoms with van der Waals surface area (Å²) < 4.78 is 3.96. The third-order valence-corrected chi connectivity index (χ3v) is 4.17. The number of rotatable bonds is 7. The maximum Gasteiger partial charge on any atom is 0.0659 e. The molecule has 0 aliphatic heterocycles. The summed E-state index contributed by atoms with van der Waals surface area (Å²) in [6.45, 7) is 5.96. The van der Waals surface area contributed by atoms with E-state index in [1.807, 2.05) is 40.1 Å². The van der Waals surface area contributed by atoms with E-state index >= 15 is 0 Å². The molecule has 0 unspecified atom stereocenters. The third kappa shape index (κ3) is 4.07. The van der Waals surface area contributed by atoms with E-state index in [0.717, 1.165) is 13.1 Å². The average Bonchev–Trinajstić information content (AvgIpc) is 3.25. The average molecular weight is 309 g/mol. The Morgan fingerprint density at radius 2 is 1.87 bits per heavy atom. The van der Waals surface area contributed by atoms with Gasteiger partial charge in [-0.05, 0) is 25.5 Å². The van der Waals surface area contributed by atoms with Crippen LogP contribution in [0.2, 0.25) is 0 Å². The first-order valence-corrected chi connectivity index (χ1v) is 8.00. The Morgan fingerprint density at radius 3 is 2.61 bits per heavy atom. The lowest BCUT2D eigenvalue weighted by Gasteiger charge is -2.21. The summed E-state index contributed by atoms with van der Waals surface area (Å²) in [5.74, 6) is 0. The Labute approximate surface area is 136 Å². The van der Waals surface area contributed by atoms with Gasteiger partial charge in [0.2, 0.25) is 0 Å². The molecule has 5 heteroatoms. The molecule has 0 spiro atoms. The second kappa shape index (κ2) is 7.24. The van der Waals surface area contributed by atoms with E-state index in [0.29, 0.717) is 12.1 Å². The topological polar surface area (TPSA) is 47.7 Å². The van der Waals surface area contributed by atoms with Crippen LogP contribution in [0.4, 0.5) is 0 Å². The molecule has 0 radical (unpaired) electrons. The molecule has 0 amide bonds. The smallest absolute Gasteiger partial charge is 0.0659 e. The number of hydrogen-bond donors (Lipinski definition) is 1. The Hall–Kier alpha value is -2.40. The van der Waals surface area contributed by atoms with Gasteiger partial charge in [0.05, 0.1) is 18.8 Å². The van der Waals surface area contributed by atoms with Crippen LogP contribution >= 0.6 is 0 Å². The normalized spacial score (nSPS) is 13.8. The molecule has 1 aromatic carbocycles. The van der Waals surface area contributed by atoms with Crippen molar-refractivity contribution in [1.29, 1.82) is 0 Å². The maximum absolute atomic E-state index is 4.44. The minimum absolute atomic E-state index is 0.310. The molecule has 1 N–H and O–H groups in total. The zero-order valence-corrected chi connectivity index (χ0v) is 13.6. The highest BCUT2D eigenvalue weighted by Crippen LogP contribution is 2.10.